The predicted molar refractivity (Wildman–Crippen MR) is 132 cm³/mol. The summed E-state index contributed by atoms with van der Waals surface area (Å²) in [7, 11) is -3.84. The van der Waals surface area contributed by atoms with Gasteiger partial charge >= 0.3 is 6.09 Å². The molecule has 1 aliphatic heterocycles. The van der Waals surface area contributed by atoms with Gasteiger partial charge in [0.05, 0.1) is 17.9 Å². The Morgan fingerprint density at radius 2 is 1.89 bits per heavy atom. The summed E-state index contributed by atoms with van der Waals surface area (Å²) in [5.74, 6) is -0.0108. The van der Waals surface area contributed by atoms with E-state index in [1.54, 1.807) is 20.8 Å². The molecule has 1 aromatic rings. The third-order valence-corrected chi connectivity index (χ3v) is 9.93. The van der Waals surface area contributed by atoms with Crippen LogP contribution in [0, 0.1) is 16.7 Å². The van der Waals surface area contributed by atoms with E-state index in [0.717, 1.165) is 17.5 Å². The maximum Gasteiger partial charge on any atom is 0.410 e. The number of nitrogens with zero attached hydrogens (tertiary/aromatic N) is 1. The lowest BCUT2D eigenvalue weighted by Crippen LogP contribution is -2.55. The normalized spacial score (nSPS) is 28.6. The number of carbonyl (C=O) groups excluding carboxylic acids is 2. The van der Waals surface area contributed by atoms with Crippen LogP contribution in [0.1, 0.15) is 65.0 Å². The number of sulfonamides is 1. The third-order valence-electron chi connectivity index (χ3n) is 8.45. The molecule has 194 valence electrons. The molecule has 1 heterocycles. The average molecular weight is 507 g/mol. The Hall–Kier alpha value is -1.97. The molecule has 2 N–H and O–H groups in total. The number of carbonyl (C=O) groups is 2. The van der Waals surface area contributed by atoms with E-state index in [9.17, 15) is 23.1 Å². The Bertz CT molecular complexity index is 1110. The third kappa shape index (κ3) is 4.87. The number of hydrogen-bond donors (Lipinski definition) is 2. The number of ketones is 1. The van der Waals surface area contributed by atoms with Crippen LogP contribution in [-0.4, -0.2) is 60.3 Å². The molecular formula is C26H38N2O6S. The van der Waals surface area contributed by atoms with Gasteiger partial charge < -0.3 is 9.84 Å². The smallest absolute Gasteiger partial charge is 0.410 e. The minimum Gasteiger partial charge on any atom is -0.444 e. The maximum atomic E-state index is 13.1. The summed E-state index contributed by atoms with van der Waals surface area (Å²) in [6.45, 7) is 9.36. The van der Waals surface area contributed by atoms with Crippen molar-refractivity contribution in [1.29, 1.82) is 0 Å². The van der Waals surface area contributed by atoms with Crippen molar-refractivity contribution in [3.8, 4) is 0 Å². The van der Waals surface area contributed by atoms with Crippen molar-refractivity contribution in [2.75, 3.05) is 12.3 Å². The molecule has 8 nitrogen and oxygen atoms in total. The van der Waals surface area contributed by atoms with E-state index < -0.39 is 39.3 Å². The molecule has 2 bridgehead atoms. The molecule has 1 amide bonds. The summed E-state index contributed by atoms with van der Waals surface area (Å²) in [6, 6.07) is 7.04. The SMILES string of the molecule is CC(C)(C)OC(=O)N1Cc2ccccc2C[C@H]1[C@H](O)CNS(=O)(=O)CC12CCC(CC1=O)C2(C)C. The van der Waals surface area contributed by atoms with Crippen molar-refractivity contribution in [2.45, 2.75) is 84.6 Å². The van der Waals surface area contributed by atoms with Crippen LogP contribution in [0.2, 0.25) is 0 Å². The monoisotopic (exact) mass is 506 g/mol. The van der Waals surface area contributed by atoms with Crippen molar-refractivity contribution in [1.82, 2.24) is 9.62 Å². The fourth-order valence-electron chi connectivity index (χ4n) is 6.24. The lowest BCUT2D eigenvalue weighted by molar-refractivity contribution is -0.128. The fourth-order valence-corrected chi connectivity index (χ4v) is 8.10. The van der Waals surface area contributed by atoms with Gasteiger partial charge in [0.25, 0.3) is 0 Å². The highest BCUT2D eigenvalue weighted by atomic mass is 32.2. The number of aliphatic hydroxyl groups excluding tert-OH is 1. The van der Waals surface area contributed by atoms with Gasteiger partial charge in [-0.2, -0.15) is 0 Å². The Morgan fingerprint density at radius 3 is 2.46 bits per heavy atom. The first-order chi connectivity index (χ1) is 16.2. The van der Waals surface area contributed by atoms with Crippen molar-refractivity contribution in [2.24, 2.45) is 16.7 Å². The first-order valence-electron chi connectivity index (χ1n) is 12.4. The number of hydrogen-bond acceptors (Lipinski definition) is 6. The van der Waals surface area contributed by atoms with E-state index in [1.807, 2.05) is 38.1 Å². The summed E-state index contributed by atoms with van der Waals surface area (Å²) in [6.07, 6.45) is 0.578. The van der Waals surface area contributed by atoms with E-state index in [2.05, 4.69) is 4.72 Å². The van der Waals surface area contributed by atoms with Gasteiger partial charge in [-0.05, 0) is 62.5 Å². The number of rotatable bonds is 6. The van der Waals surface area contributed by atoms with Gasteiger partial charge in [-0.25, -0.2) is 17.9 Å². The molecule has 0 spiro atoms. The summed E-state index contributed by atoms with van der Waals surface area (Å²) in [5.41, 5.74) is 0.0379. The predicted octanol–water partition coefficient (Wildman–Crippen LogP) is 3.02. The summed E-state index contributed by atoms with van der Waals surface area (Å²) in [5, 5.41) is 11.1. The zero-order valence-corrected chi connectivity index (χ0v) is 22.2. The largest absolute Gasteiger partial charge is 0.444 e. The minimum atomic E-state index is -3.84. The second-order valence-electron chi connectivity index (χ2n) is 12.0. The second kappa shape index (κ2) is 8.85. The van der Waals surface area contributed by atoms with Crippen LogP contribution in [0.15, 0.2) is 24.3 Å². The molecule has 3 aliphatic rings. The van der Waals surface area contributed by atoms with Crippen molar-refractivity contribution in [3.05, 3.63) is 35.4 Å². The van der Waals surface area contributed by atoms with Gasteiger partial charge in [0.1, 0.15) is 11.4 Å². The molecule has 0 saturated heterocycles. The zero-order chi connectivity index (χ0) is 25.8. The molecule has 2 saturated carbocycles. The Balaban J connectivity index is 1.48. The molecule has 9 heteroatoms. The first kappa shape index (κ1) is 26.1. The molecule has 2 fully saturated rings. The van der Waals surface area contributed by atoms with Crippen molar-refractivity contribution >= 4 is 21.9 Å². The van der Waals surface area contributed by atoms with Crippen LogP contribution in [0.5, 0.6) is 0 Å². The number of fused-ring (bicyclic) bond motifs is 3. The van der Waals surface area contributed by atoms with E-state index in [-0.39, 0.29) is 36.0 Å². The molecule has 0 radical (unpaired) electrons. The van der Waals surface area contributed by atoms with Crippen LogP contribution in [-0.2, 0) is 32.5 Å². The molecular weight excluding hydrogens is 468 g/mol. The van der Waals surface area contributed by atoms with Crippen LogP contribution in [0.3, 0.4) is 0 Å². The van der Waals surface area contributed by atoms with Gasteiger partial charge in [-0.3, -0.25) is 9.69 Å². The topological polar surface area (TPSA) is 113 Å². The van der Waals surface area contributed by atoms with E-state index in [1.165, 1.54) is 4.90 Å². The number of benzene rings is 1. The summed E-state index contributed by atoms with van der Waals surface area (Å²) in [4.78, 5) is 27.2. The summed E-state index contributed by atoms with van der Waals surface area (Å²) >= 11 is 0. The molecule has 35 heavy (non-hydrogen) atoms. The maximum absolute atomic E-state index is 13.1. The average Bonchev–Trinajstić information content (AvgIpc) is 3.09. The van der Waals surface area contributed by atoms with Gasteiger partial charge in [0.2, 0.25) is 10.0 Å². The standard InChI is InChI=1S/C26H38N2O6S/c1-24(2,3)34-23(31)28-15-18-9-7-6-8-17(18)12-20(28)21(29)14-27-35(32,33)16-26-11-10-19(13-22(26)30)25(26,4)5/h6-9,19-21,27,29H,10-16H2,1-5H3/t19?,20-,21+,26?/m0/s1. The highest BCUT2D eigenvalue weighted by molar-refractivity contribution is 7.89. The molecule has 0 aromatic heterocycles. The summed E-state index contributed by atoms with van der Waals surface area (Å²) < 4.78 is 34.3. The first-order valence-corrected chi connectivity index (χ1v) is 14.1. The number of nitrogens with one attached hydrogen (secondary N) is 1. The van der Waals surface area contributed by atoms with E-state index in [4.69, 9.17) is 4.74 Å². The molecule has 4 atom stereocenters. The highest BCUT2D eigenvalue weighted by Crippen LogP contribution is 2.64. The lowest BCUT2D eigenvalue weighted by Gasteiger charge is -2.40. The van der Waals surface area contributed by atoms with Gasteiger partial charge in [-0.1, -0.05) is 38.1 Å². The van der Waals surface area contributed by atoms with Gasteiger partial charge in [0.15, 0.2) is 0 Å². The Kier molecular flexibility index (Phi) is 6.60. The van der Waals surface area contributed by atoms with Crippen LogP contribution >= 0.6 is 0 Å². The lowest BCUT2D eigenvalue weighted by atomic mass is 9.70. The second-order valence-corrected chi connectivity index (χ2v) is 13.8. The number of aliphatic hydroxyl groups is 1. The fraction of sp³-hybridized carbons (Fsp3) is 0.692. The van der Waals surface area contributed by atoms with Crippen molar-refractivity contribution in [3.63, 3.8) is 0 Å². The van der Waals surface area contributed by atoms with E-state index >= 15 is 0 Å². The number of ether oxygens (including phenoxy) is 1. The Morgan fingerprint density at radius 1 is 1.23 bits per heavy atom. The highest BCUT2D eigenvalue weighted by Gasteiger charge is 2.65. The van der Waals surface area contributed by atoms with Gasteiger partial charge in [-0.15, -0.1) is 0 Å². The van der Waals surface area contributed by atoms with Crippen molar-refractivity contribution < 1.29 is 27.9 Å². The quantitative estimate of drug-likeness (QED) is 0.613. The molecule has 2 unspecified atom stereocenters. The molecule has 4 rings (SSSR count). The molecule has 1 aromatic carbocycles. The van der Waals surface area contributed by atoms with Gasteiger partial charge in [0, 0.05) is 24.9 Å². The molecule has 2 aliphatic carbocycles. The Labute approximate surface area is 208 Å². The number of amides is 1. The zero-order valence-electron chi connectivity index (χ0n) is 21.3. The van der Waals surface area contributed by atoms with Crippen LogP contribution in [0.4, 0.5) is 4.79 Å². The van der Waals surface area contributed by atoms with Crippen LogP contribution in [0.25, 0.3) is 0 Å². The minimum absolute atomic E-state index is 0.0321. The van der Waals surface area contributed by atoms with E-state index in [0.29, 0.717) is 19.3 Å². The van der Waals surface area contributed by atoms with Crippen LogP contribution < -0.4 is 4.72 Å². The number of Topliss-reactive ketones (excluding diaryl/α,β-unsaturated/α-hetero) is 1.